The van der Waals surface area contributed by atoms with Gasteiger partial charge in [0.2, 0.25) is 0 Å². The van der Waals surface area contributed by atoms with E-state index in [-0.39, 0.29) is 5.97 Å². The van der Waals surface area contributed by atoms with Crippen LogP contribution in [-0.4, -0.2) is 36.7 Å². The molecule has 1 aliphatic heterocycles. The second-order valence-corrected chi connectivity index (χ2v) is 6.81. The van der Waals surface area contributed by atoms with Crippen molar-refractivity contribution in [2.75, 3.05) is 30.8 Å². The number of nitrogen functional groups attached to an aromatic ring is 1. The van der Waals surface area contributed by atoms with Crippen LogP contribution in [0.25, 0.3) is 0 Å². The third-order valence-electron chi connectivity index (χ3n) is 3.19. The van der Waals surface area contributed by atoms with Crippen LogP contribution in [0.1, 0.15) is 24.2 Å². The summed E-state index contributed by atoms with van der Waals surface area (Å²) in [6.07, 6.45) is 0. The van der Waals surface area contributed by atoms with Gasteiger partial charge in [0, 0.05) is 29.3 Å². The molecule has 5 heteroatoms. The first kappa shape index (κ1) is 14.1. The molecule has 1 aromatic carbocycles. The molecule has 0 bridgehead atoms. The number of rotatable bonds is 2. The van der Waals surface area contributed by atoms with Gasteiger partial charge in [-0.3, -0.25) is 0 Å². The Morgan fingerprint density at radius 1 is 1.37 bits per heavy atom. The molecule has 0 aliphatic carbocycles. The van der Waals surface area contributed by atoms with E-state index in [1.807, 2.05) is 23.9 Å². The number of methoxy groups -OCH3 is 1. The van der Waals surface area contributed by atoms with Crippen LogP contribution in [-0.2, 0) is 4.74 Å². The molecule has 2 N–H and O–H groups in total. The van der Waals surface area contributed by atoms with E-state index in [2.05, 4.69) is 18.7 Å². The van der Waals surface area contributed by atoms with E-state index in [0.717, 1.165) is 18.8 Å². The Morgan fingerprint density at radius 3 is 2.58 bits per heavy atom. The van der Waals surface area contributed by atoms with Gasteiger partial charge >= 0.3 is 5.97 Å². The Hall–Kier alpha value is -1.36. The van der Waals surface area contributed by atoms with Crippen molar-refractivity contribution in [3.05, 3.63) is 23.8 Å². The largest absolute Gasteiger partial charge is 0.465 e. The lowest BCUT2D eigenvalue weighted by Gasteiger charge is -2.37. The number of carbonyl (C=O) groups is 1. The first-order chi connectivity index (χ1) is 9.01. The molecule has 4 nitrogen and oxygen atoms in total. The number of ether oxygens (including phenoxy) is 1. The number of anilines is 2. The number of thioether (sulfide) groups is 1. The maximum Gasteiger partial charge on any atom is 0.340 e. The van der Waals surface area contributed by atoms with E-state index < -0.39 is 0 Å². The third kappa shape index (κ3) is 3.15. The highest BCUT2D eigenvalue weighted by Crippen LogP contribution is 2.31. The molecule has 1 saturated heterocycles. The zero-order valence-electron chi connectivity index (χ0n) is 11.6. The number of hydrogen-bond acceptors (Lipinski definition) is 5. The van der Waals surface area contributed by atoms with Crippen molar-refractivity contribution in [1.29, 1.82) is 0 Å². The summed E-state index contributed by atoms with van der Waals surface area (Å²) in [6.45, 7) is 6.29. The van der Waals surface area contributed by atoms with E-state index in [1.165, 1.54) is 7.11 Å². The number of esters is 1. The third-order valence-corrected chi connectivity index (χ3v) is 4.41. The first-order valence-corrected chi connectivity index (χ1v) is 7.33. The molecule has 0 amide bonds. The van der Waals surface area contributed by atoms with Gasteiger partial charge < -0.3 is 15.4 Å². The lowest BCUT2D eigenvalue weighted by molar-refractivity contribution is 0.0601. The second-order valence-electron chi connectivity index (χ2n) is 4.93. The molecule has 19 heavy (non-hydrogen) atoms. The van der Waals surface area contributed by atoms with Crippen LogP contribution in [0.5, 0.6) is 0 Å². The standard InChI is InChI=1S/C14H20N2O2S/c1-9-7-16(8-10(2)19-9)13-5-4-11(15)6-12(13)14(17)18-3/h4-6,9-10H,7-8,15H2,1-3H3. The van der Waals surface area contributed by atoms with Gasteiger partial charge in [-0.1, -0.05) is 13.8 Å². The summed E-state index contributed by atoms with van der Waals surface area (Å²) >= 11 is 1.98. The summed E-state index contributed by atoms with van der Waals surface area (Å²) in [5.74, 6) is -0.333. The van der Waals surface area contributed by atoms with Crippen molar-refractivity contribution in [2.24, 2.45) is 0 Å². The zero-order chi connectivity index (χ0) is 14.0. The fourth-order valence-corrected chi connectivity index (χ4v) is 3.80. The molecule has 0 saturated carbocycles. The lowest BCUT2D eigenvalue weighted by atomic mass is 10.1. The fraction of sp³-hybridized carbons (Fsp3) is 0.500. The molecule has 1 aromatic rings. The predicted octanol–water partition coefficient (Wildman–Crippen LogP) is 2.39. The van der Waals surface area contributed by atoms with Gasteiger partial charge in [-0.25, -0.2) is 4.79 Å². The smallest absolute Gasteiger partial charge is 0.340 e. The van der Waals surface area contributed by atoms with Crippen molar-refractivity contribution in [1.82, 2.24) is 0 Å². The van der Waals surface area contributed by atoms with Crippen molar-refractivity contribution >= 4 is 29.1 Å². The highest BCUT2D eigenvalue weighted by atomic mass is 32.2. The fourth-order valence-electron chi connectivity index (χ4n) is 2.48. The van der Waals surface area contributed by atoms with E-state index in [1.54, 1.807) is 6.07 Å². The molecule has 0 radical (unpaired) electrons. The minimum Gasteiger partial charge on any atom is -0.465 e. The van der Waals surface area contributed by atoms with E-state index in [9.17, 15) is 4.79 Å². The topological polar surface area (TPSA) is 55.6 Å². The first-order valence-electron chi connectivity index (χ1n) is 6.39. The summed E-state index contributed by atoms with van der Waals surface area (Å²) < 4.78 is 4.85. The van der Waals surface area contributed by atoms with Crippen LogP contribution in [0.3, 0.4) is 0 Å². The molecule has 1 heterocycles. The predicted molar refractivity (Wildman–Crippen MR) is 80.9 cm³/mol. The van der Waals surface area contributed by atoms with Crippen LogP contribution in [0.2, 0.25) is 0 Å². The molecule has 2 unspecified atom stereocenters. The Bertz CT molecular complexity index is 469. The molecular weight excluding hydrogens is 260 g/mol. The van der Waals surface area contributed by atoms with Gasteiger partial charge in [0.1, 0.15) is 0 Å². The highest BCUT2D eigenvalue weighted by molar-refractivity contribution is 8.00. The van der Waals surface area contributed by atoms with Gasteiger partial charge in [-0.2, -0.15) is 11.8 Å². The van der Waals surface area contributed by atoms with Gasteiger partial charge in [0.25, 0.3) is 0 Å². The summed E-state index contributed by atoms with van der Waals surface area (Å²) in [6, 6.07) is 5.44. The lowest BCUT2D eigenvalue weighted by Crippen LogP contribution is -2.41. The molecule has 2 rings (SSSR count). The van der Waals surface area contributed by atoms with Gasteiger partial charge in [-0.15, -0.1) is 0 Å². The molecule has 1 aliphatic rings. The average Bonchev–Trinajstić information content (AvgIpc) is 2.36. The van der Waals surface area contributed by atoms with Crippen molar-refractivity contribution in [3.8, 4) is 0 Å². The summed E-state index contributed by atoms with van der Waals surface area (Å²) in [5, 5.41) is 1.10. The number of nitrogens with two attached hydrogens (primary N) is 1. The maximum absolute atomic E-state index is 11.9. The second kappa shape index (κ2) is 5.74. The maximum atomic E-state index is 11.9. The van der Waals surface area contributed by atoms with Crippen LogP contribution < -0.4 is 10.6 Å². The zero-order valence-corrected chi connectivity index (χ0v) is 12.4. The Kier molecular flexibility index (Phi) is 4.24. The van der Waals surface area contributed by atoms with Crippen LogP contribution in [0.4, 0.5) is 11.4 Å². The molecule has 2 atom stereocenters. The molecule has 0 spiro atoms. The van der Waals surface area contributed by atoms with Gasteiger partial charge in [-0.05, 0) is 18.2 Å². The monoisotopic (exact) mass is 280 g/mol. The van der Waals surface area contributed by atoms with E-state index in [4.69, 9.17) is 10.5 Å². The summed E-state index contributed by atoms with van der Waals surface area (Å²) in [5.41, 5.74) is 7.82. The van der Waals surface area contributed by atoms with Crippen molar-refractivity contribution in [2.45, 2.75) is 24.3 Å². The summed E-state index contributed by atoms with van der Waals surface area (Å²) in [7, 11) is 1.40. The van der Waals surface area contributed by atoms with Crippen LogP contribution in [0.15, 0.2) is 18.2 Å². The van der Waals surface area contributed by atoms with E-state index in [0.29, 0.717) is 21.8 Å². The van der Waals surface area contributed by atoms with Gasteiger partial charge in [0.15, 0.2) is 0 Å². The van der Waals surface area contributed by atoms with Crippen LogP contribution >= 0.6 is 11.8 Å². The Morgan fingerprint density at radius 2 is 2.00 bits per heavy atom. The molecule has 104 valence electrons. The van der Waals surface area contributed by atoms with Gasteiger partial charge in [0.05, 0.1) is 18.4 Å². The molecule has 0 aromatic heterocycles. The molecule has 1 fully saturated rings. The number of carbonyl (C=O) groups excluding carboxylic acids is 1. The van der Waals surface area contributed by atoms with Crippen molar-refractivity contribution < 1.29 is 9.53 Å². The average molecular weight is 280 g/mol. The number of benzene rings is 1. The summed E-state index contributed by atoms with van der Waals surface area (Å²) in [4.78, 5) is 14.1. The normalized spacial score (nSPS) is 23.2. The Balaban J connectivity index is 2.35. The molecular formula is C14H20N2O2S. The minimum absolute atomic E-state index is 0.333. The minimum atomic E-state index is -0.333. The number of hydrogen-bond donors (Lipinski definition) is 1. The highest BCUT2D eigenvalue weighted by Gasteiger charge is 2.25. The quantitative estimate of drug-likeness (QED) is 0.666. The van der Waals surface area contributed by atoms with Crippen LogP contribution in [0, 0.1) is 0 Å². The van der Waals surface area contributed by atoms with Crippen molar-refractivity contribution in [3.63, 3.8) is 0 Å². The van der Waals surface area contributed by atoms with E-state index >= 15 is 0 Å². The number of nitrogens with zero attached hydrogens (tertiary/aromatic N) is 1. The SMILES string of the molecule is COC(=O)c1cc(N)ccc1N1CC(C)SC(C)C1. The Labute approximate surface area is 118 Å².